The number of benzene rings is 3. The van der Waals surface area contributed by atoms with Gasteiger partial charge in [0.15, 0.2) is 0 Å². The van der Waals surface area contributed by atoms with Gasteiger partial charge in [-0.05, 0) is 47.7 Å². The van der Waals surface area contributed by atoms with Crippen molar-refractivity contribution in [1.29, 1.82) is 0 Å². The van der Waals surface area contributed by atoms with Crippen molar-refractivity contribution >= 4 is 23.6 Å². The van der Waals surface area contributed by atoms with Crippen LogP contribution in [0, 0.1) is 0 Å². The highest BCUT2D eigenvalue weighted by molar-refractivity contribution is 8.00. The van der Waals surface area contributed by atoms with Gasteiger partial charge in [0.05, 0.1) is 11.8 Å². The molecule has 1 heterocycles. The summed E-state index contributed by atoms with van der Waals surface area (Å²) >= 11 is 1.63. The predicted octanol–water partition coefficient (Wildman–Crippen LogP) is 5.51. The van der Waals surface area contributed by atoms with Crippen molar-refractivity contribution in [2.75, 3.05) is 5.75 Å². The molecule has 1 aliphatic heterocycles. The lowest BCUT2D eigenvalue weighted by molar-refractivity contribution is -0.128. The minimum absolute atomic E-state index is 0.0316. The maximum Gasteiger partial charge on any atom is 0.251 e. The van der Waals surface area contributed by atoms with Crippen molar-refractivity contribution in [2.45, 2.75) is 38.2 Å². The molecule has 164 valence electrons. The maximum atomic E-state index is 12.8. The molecule has 3 aromatic rings. The molecule has 0 aromatic heterocycles. The minimum Gasteiger partial charge on any atom is -0.346 e. The summed E-state index contributed by atoms with van der Waals surface area (Å²) in [6.45, 7) is 4.72. The summed E-state index contributed by atoms with van der Waals surface area (Å²) in [5, 5.41) is 3.05. The van der Waals surface area contributed by atoms with Crippen molar-refractivity contribution < 1.29 is 9.59 Å². The van der Waals surface area contributed by atoms with Crippen LogP contribution < -0.4 is 5.32 Å². The number of carbonyl (C=O) groups is 2. The summed E-state index contributed by atoms with van der Waals surface area (Å²) in [7, 11) is 0. The van der Waals surface area contributed by atoms with Gasteiger partial charge in [-0.25, -0.2) is 0 Å². The van der Waals surface area contributed by atoms with E-state index in [0.717, 1.165) is 23.1 Å². The molecule has 0 aliphatic carbocycles. The number of aryl methyl sites for hydroxylation is 1. The van der Waals surface area contributed by atoms with Gasteiger partial charge in [0.2, 0.25) is 5.91 Å². The van der Waals surface area contributed by atoms with Gasteiger partial charge < -0.3 is 10.2 Å². The number of amides is 2. The smallest absolute Gasteiger partial charge is 0.251 e. The van der Waals surface area contributed by atoms with Crippen molar-refractivity contribution in [2.24, 2.45) is 0 Å². The molecule has 0 spiro atoms. The second kappa shape index (κ2) is 10.0. The number of thioether (sulfide) groups is 1. The monoisotopic (exact) mass is 444 g/mol. The molecule has 4 rings (SSSR count). The van der Waals surface area contributed by atoms with Crippen LogP contribution in [0.1, 0.15) is 57.9 Å². The van der Waals surface area contributed by atoms with Crippen molar-refractivity contribution in [1.82, 2.24) is 10.2 Å². The van der Waals surface area contributed by atoms with E-state index in [0.29, 0.717) is 17.9 Å². The van der Waals surface area contributed by atoms with Crippen LogP contribution in [0.15, 0.2) is 78.9 Å². The van der Waals surface area contributed by atoms with Crippen LogP contribution in [0.4, 0.5) is 0 Å². The zero-order valence-electron chi connectivity index (χ0n) is 18.5. The van der Waals surface area contributed by atoms with Gasteiger partial charge in [0.25, 0.3) is 5.91 Å². The average molecular weight is 445 g/mol. The van der Waals surface area contributed by atoms with Gasteiger partial charge in [-0.15, -0.1) is 11.8 Å². The molecular weight excluding hydrogens is 416 g/mol. The predicted molar refractivity (Wildman–Crippen MR) is 130 cm³/mol. The number of nitrogens with zero attached hydrogens (tertiary/aromatic N) is 1. The molecule has 1 aliphatic rings. The fraction of sp³-hybridized carbons (Fsp3) is 0.259. The Bertz CT molecular complexity index is 1070. The first-order chi connectivity index (χ1) is 15.5. The Morgan fingerprint density at radius 3 is 2.34 bits per heavy atom. The van der Waals surface area contributed by atoms with Crippen LogP contribution in [-0.2, 0) is 17.8 Å². The number of hydrogen-bond acceptors (Lipinski definition) is 3. The summed E-state index contributed by atoms with van der Waals surface area (Å²) in [6, 6.07) is 25.9. The Kier molecular flexibility index (Phi) is 6.96. The van der Waals surface area contributed by atoms with Gasteiger partial charge in [0.1, 0.15) is 5.37 Å². The first-order valence-corrected chi connectivity index (χ1v) is 12.0. The highest BCUT2D eigenvalue weighted by atomic mass is 32.2. The average Bonchev–Trinajstić information content (AvgIpc) is 3.19. The van der Waals surface area contributed by atoms with E-state index in [9.17, 15) is 9.59 Å². The third-order valence-corrected chi connectivity index (χ3v) is 7.11. The lowest BCUT2D eigenvalue weighted by Crippen LogP contribution is -2.28. The highest BCUT2D eigenvalue weighted by Crippen LogP contribution is 2.39. The molecule has 0 saturated carbocycles. The second-order valence-corrected chi connectivity index (χ2v) is 9.15. The molecule has 4 nitrogen and oxygen atoms in total. The fourth-order valence-corrected chi connectivity index (χ4v) is 5.07. The topological polar surface area (TPSA) is 49.4 Å². The minimum atomic E-state index is -0.0973. The van der Waals surface area contributed by atoms with Crippen molar-refractivity contribution in [3.05, 3.63) is 107 Å². The van der Waals surface area contributed by atoms with Crippen LogP contribution >= 0.6 is 11.8 Å². The first-order valence-electron chi connectivity index (χ1n) is 11.0. The summed E-state index contributed by atoms with van der Waals surface area (Å²) in [4.78, 5) is 27.1. The molecule has 2 amide bonds. The van der Waals surface area contributed by atoms with Crippen molar-refractivity contribution in [3.63, 3.8) is 0 Å². The molecule has 2 atom stereocenters. The zero-order chi connectivity index (χ0) is 22.5. The van der Waals surface area contributed by atoms with Crippen LogP contribution in [0.2, 0.25) is 0 Å². The van der Waals surface area contributed by atoms with E-state index in [4.69, 9.17) is 0 Å². The zero-order valence-corrected chi connectivity index (χ0v) is 19.3. The quantitative estimate of drug-likeness (QED) is 0.522. The van der Waals surface area contributed by atoms with Crippen LogP contribution in [0.5, 0.6) is 0 Å². The maximum absolute atomic E-state index is 12.8. The van der Waals surface area contributed by atoms with Gasteiger partial charge >= 0.3 is 0 Å². The van der Waals surface area contributed by atoms with Crippen LogP contribution in [-0.4, -0.2) is 22.5 Å². The largest absolute Gasteiger partial charge is 0.346 e. The highest BCUT2D eigenvalue weighted by Gasteiger charge is 2.32. The molecule has 1 N–H and O–H groups in total. The Labute approximate surface area is 194 Å². The van der Waals surface area contributed by atoms with Gasteiger partial charge in [-0.1, -0.05) is 73.7 Å². The van der Waals surface area contributed by atoms with Crippen LogP contribution in [0.3, 0.4) is 0 Å². The molecule has 5 heteroatoms. The molecule has 0 radical (unpaired) electrons. The van der Waals surface area contributed by atoms with E-state index >= 15 is 0 Å². The van der Waals surface area contributed by atoms with E-state index in [1.807, 2.05) is 66.4 Å². The van der Waals surface area contributed by atoms with Gasteiger partial charge in [-0.2, -0.15) is 0 Å². The molecule has 32 heavy (non-hydrogen) atoms. The molecule has 1 saturated heterocycles. The van der Waals surface area contributed by atoms with E-state index < -0.39 is 0 Å². The number of rotatable bonds is 7. The SMILES string of the molecule is CCc1ccc([C@H](C)NC(=O)c2ccc([C@@H]3SCC(=O)N3Cc3ccccc3)cc2)cc1. The Balaban J connectivity index is 1.42. The summed E-state index contributed by atoms with van der Waals surface area (Å²) in [5.41, 5.74) is 5.15. The van der Waals surface area contributed by atoms with Crippen molar-refractivity contribution in [3.8, 4) is 0 Å². The van der Waals surface area contributed by atoms with E-state index in [2.05, 4.69) is 36.5 Å². The van der Waals surface area contributed by atoms with E-state index in [1.165, 1.54) is 5.56 Å². The Hall–Kier alpha value is -3.05. The molecule has 1 fully saturated rings. The molecular formula is C27H28N2O2S. The number of nitrogens with one attached hydrogen (secondary N) is 1. The molecule has 0 unspecified atom stereocenters. The standard InChI is InChI=1S/C27H28N2O2S/c1-3-20-9-11-22(12-10-20)19(2)28-26(31)23-13-15-24(16-14-23)27-29(25(30)18-32-27)17-21-7-5-4-6-8-21/h4-16,19,27H,3,17-18H2,1-2H3,(H,28,31)/t19-,27-/m0/s1. The normalized spacial score (nSPS) is 16.8. The third-order valence-electron chi connectivity index (χ3n) is 5.86. The number of hydrogen-bond donors (Lipinski definition) is 1. The Morgan fingerprint density at radius 1 is 1.00 bits per heavy atom. The molecule has 0 bridgehead atoms. The summed E-state index contributed by atoms with van der Waals surface area (Å²) < 4.78 is 0. The lowest BCUT2D eigenvalue weighted by Gasteiger charge is -2.24. The fourth-order valence-electron chi connectivity index (χ4n) is 3.89. The van der Waals surface area contributed by atoms with E-state index in [1.54, 1.807) is 11.8 Å². The van der Waals surface area contributed by atoms with Crippen LogP contribution in [0.25, 0.3) is 0 Å². The summed E-state index contributed by atoms with van der Waals surface area (Å²) in [5.74, 6) is 0.530. The van der Waals surface area contributed by atoms with Gasteiger partial charge in [0, 0.05) is 12.1 Å². The molecule has 3 aromatic carbocycles. The number of carbonyl (C=O) groups excluding carboxylic acids is 2. The van der Waals surface area contributed by atoms with E-state index in [-0.39, 0.29) is 23.2 Å². The first kappa shape index (κ1) is 22.2. The lowest BCUT2D eigenvalue weighted by atomic mass is 10.0. The summed E-state index contributed by atoms with van der Waals surface area (Å²) in [6.07, 6.45) is 1.00. The second-order valence-electron chi connectivity index (χ2n) is 8.08. The van der Waals surface area contributed by atoms with Gasteiger partial charge in [-0.3, -0.25) is 9.59 Å². The third kappa shape index (κ3) is 5.05. The Morgan fingerprint density at radius 2 is 1.69 bits per heavy atom.